The number of hydrogen-bond donors (Lipinski definition) is 3. The van der Waals surface area contributed by atoms with E-state index in [0.29, 0.717) is 16.5 Å². The zero-order chi connectivity index (χ0) is 22.8. The van der Waals surface area contributed by atoms with Gasteiger partial charge < -0.3 is 10.3 Å². The van der Waals surface area contributed by atoms with Crippen molar-refractivity contribution in [1.29, 1.82) is 0 Å². The quantitative estimate of drug-likeness (QED) is 0.518. The molecule has 3 N–H and O–H groups in total. The molecule has 0 fully saturated rings. The molecule has 164 valence electrons. The molecule has 31 heavy (non-hydrogen) atoms. The fourth-order valence-corrected chi connectivity index (χ4v) is 4.38. The van der Waals surface area contributed by atoms with Gasteiger partial charge in [-0.3, -0.25) is 9.59 Å². The van der Waals surface area contributed by atoms with Gasteiger partial charge in [0.15, 0.2) is 0 Å². The van der Waals surface area contributed by atoms with Crippen LogP contribution in [0.3, 0.4) is 0 Å². The zero-order valence-corrected chi connectivity index (χ0v) is 18.2. The van der Waals surface area contributed by atoms with E-state index < -0.39 is 27.8 Å². The van der Waals surface area contributed by atoms with Crippen molar-refractivity contribution in [2.45, 2.75) is 38.1 Å². The summed E-state index contributed by atoms with van der Waals surface area (Å²) in [5.41, 5.74) is 0.901. The lowest BCUT2D eigenvalue weighted by molar-refractivity contribution is -0.118. The molecule has 1 aromatic heterocycles. The lowest BCUT2D eigenvalue weighted by Crippen LogP contribution is -2.44. The number of sulfonamides is 1. The molecule has 3 rings (SSSR count). The van der Waals surface area contributed by atoms with Crippen molar-refractivity contribution in [2.24, 2.45) is 5.92 Å². The normalized spacial score (nSPS) is 12.8. The van der Waals surface area contributed by atoms with Crippen molar-refractivity contribution in [3.8, 4) is 0 Å². The molecule has 0 spiro atoms. The van der Waals surface area contributed by atoms with E-state index in [1.54, 1.807) is 13.0 Å². The lowest BCUT2D eigenvalue weighted by Gasteiger charge is -2.20. The first-order valence-electron chi connectivity index (χ1n) is 9.77. The summed E-state index contributed by atoms with van der Waals surface area (Å²) in [6, 6.07) is 10.3. The van der Waals surface area contributed by atoms with Crippen LogP contribution in [0.2, 0.25) is 0 Å². The molecule has 0 bridgehead atoms. The second-order valence-electron chi connectivity index (χ2n) is 7.83. The maximum absolute atomic E-state index is 13.8. The summed E-state index contributed by atoms with van der Waals surface area (Å²) in [7, 11) is -4.04. The number of anilines is 1. The lowest BCUT2D eigenvalue weighted by atomic mass is 10.0. The summed E-state index contributed by atoms with van der Waals surface area (Å²) in [6.07, 6.45) is 0.250. The Morgan fingerprint density at radius 3 is 2.52 bits per heavy atom. The fourth-order valence-electron chi connectivity index (χ4n) is 3.13. The van der Waals surface area contributed by atoms with Gasteiger partial charge in [0.1, 0.15) is 11.9 Å². The second-order valence-corrected chi connectivity index (χ2v) is 9.54. The highest BCUT2D eigenvalue weighted by Gasteiger charge is 2.27. The molecule has 0 saturated carbocycles. The second kappa shape index (κ2) is 8.99. The molecule has 1 atom stereocenters. The number of pyridine rings is 1. The number of nitrogens with one attached hydrogen (secondary N) is 3. The molecule has 3 aromatic rings. The first-order valence-corrected chi connectivity index (χ1v) is 11.3. The van der Waals surface area contributed by atoms with Gasteiger partial charge in [-0.25, -0.2) is 12.8 Å². The molecule has 2 aromatic carbocycles. The van der Waals surface area contributed by atoms with E-state index in [-0.39, 0.29) is 28.5 Å². The van der Waals surface area contributed by atoms with Gasteiger partial charge in [0.2, 0.25) is 21.5 Å². The summed E-state index contributed by atoms with van der Waals surface area (Å²) < 4.78 is 42.2. The minimum atomic E-state index is -4.04. The molecular weight excluding hydrogens is 421 g/mol. The van der Waals surface area contributed by atoms with Crippen LogP contribution in [0.15, 0.2) is 58.2 Å². The summed E-state index contributed by atoms with van der Waals surface area (Å²) in [5.74, 6) is -1.02. The van der Waals surface area contributed by atoms with Crippen LogP contribution in [0.1, 0.15) is 25.8 Å². The summed E-state index contributed by atoms with van der Waals surface area (Å²) in [4.78, 5) is 26.8. The number of halogens is 1. The van der Waals surface area contributed by atoms with Gasteiger partial charge in [-0.1, -0.05) is 19.9 Å². The van der Waals surface area contributed by atoms with Gasteiger partial charge in [0.05, 0.1) is 4.90 Å². The first-order chi connectivity index (χ1) is 14.5. The van der Waals surface area contributed by atoms with Crippen molar-refractivity contribution < 1.29 is 17.6 Å². The van der Waals surface area contributed by atoms with Crippen molar-refractivity contribution in [2.75, 3.05) is 5.32 Å². The Bertz CT molecular complexity index is 1290. The number of amides is 1. The highest BCUT2D eigenvalue weighted by atomic mass is 32.2. The highest BCUT2D eigenvalue weighted by Crippen LogP contribution is 2.19. The Labute approximate surface area is 179 Å². The van der Waals surface area contributed by atoms with Crippen LogP contribution in [-0.2, 0) is 14.8 Å². The Balaban J connectivity index is 1.86. The summed E-state index contributed by atoms with van der Waals surface area (Å²) >= 11 is 0. The van der Waals surface area contributed by atoms with Crippen molar-refractivity contribution in [3.05, 3.63) is 70.3 Å². The number of carbonyl (C=O) groups is 1. The average molecular weight is 446 g/mol. The van der Waals surface area contributed by atoms with Crippen LogP contribution >= 0.6 is 0 Å². The maximum Gasteiger partial charge on any atom is 0.248 e. The van der Waals surface area contributed by atoms with E-state index >= 15 is 0 Å². The van der Waals surface area contributed by atoms with E-state index in [0.717, 1.165) is 0 Å². The SMILES string of the molecule is Cc1ccc(NC(=O)[C@@H](CC(C)C)NS(=O)(=O)c2ccc3[nH]c(=O)ccc3c2)cc1F. The maximum atomic E-state index is 13.8. The monoisotopic (exact) mass is 445 g/mol. The molecular formula is C22H24FN3O4S. The highest BCUT2D eigenvalue weighted by molar-refractivity contribution is 7.89. The first kappa shape index (κ1) is 22.6. The average Bonchev–Trinajstić information content (AvgIpc) is 2.69. The minimum Gasteiger partial charge on any atom is -0.325 e. The molecule has 0 saturated heterocycles. The zero-order valence-electron chi connectivity index (χ0n) is 17.4. The van der Waals surface area contributed by atoms with E-state index in [1.807, 2.05) is 13.8 Å². The number of benzene rings is 2. The predicted molar refractivity (Wildman–Crippen MR) is 118 cm³/mol. The topological polar surface area (TPSA) is 108 Å². The molecule has 0 radical (unpaired) electrons. The van der Waals surface area contributed by atoms with Crippen molar-refractivity contribution in [1.82, 2.24) is 9.71 Å². The van der Waals surface area contributed by atoms with Crippen LogP contribution < -0.4 is 15.6 Å². The number of hydrogen-bond acceptors (Lipinski definition) is 4. The fraction of sp³-hybridized carbons (Fsp3) is 0.273. The standard InChI is InChI=1S/C22H24FN3O4S/c1-13(2)10-20(22(28)24-16-6-4-14(3)18(23)12-16)26-31(29,30)17-7-8-19-15(11-17)5-9-21(27)25-19/h4-9,11-13,20,26H,10H2,1-3H3,(H,24,28)(H,25,27)/t20-/m1/s1. The molecule has 7 nitrogen and oxygen atoms in total. The number of rotatable bonds is 7. The van der Waals surface area contributed by atoms with Crippen LogP contribution in [0.5, 0.6) is 0 Å². The van der Waals surface area contributed by atoms with Gasteiger partial charge in [-0.05, 0) is 66.6 Å². The van der Waals surface area contributed by atoms with Gasteiger partial charge in [0, 0.05) is 17.3 Å². The molecule has 1 heterocycles. The summed E-state index contributed by atoms with van der Waals surface area (Å²) in [6.45, 7) is 5.34. The minimum absolute atomic E-state index is 0.0230. The number of aromatic nitrogens is 1. The van der Waals surface area contributed by atoms with Crippen LogP contribution in [0.25, 0.3) is 10.9 Å². The third-order valence-electron chi connectivity index (χ3n) is 4.77. The Morgan fingerprint density at radius 2 is 1.84 bits per heavy atom. The van der Waals surface area contributed by atoms with Crippen LogP contribution in [0, 0.1) is 18.7 Å². The van der Waals surface area contributed by atoms with E-state index in [4.69, 9.17) is 0 Å². The molecule has 0 aliphatic heterocycles. The number of fused-ring (bicyclic) bond motifs is 1. The van der Waals surface area contributed by atoms with Gasteiger partial charge >= 0.3 is 0 Å². The number of aryl methyl sites for hydroxylation is 1. The number of H-pyrrole nitrogens is 1. The van der Waals surface area contributed by atoms with E-state index in [2.05, 4.69) is 15.0 Å². The van der Waals surface area contributed by atoms with E-state index in [9.17, 15) is 22.4 Å². The molecule has 0 aliphatic carbocycles. The molecule has 1 amide bonds. The number of aromatic amines is 1. The summed E-state index contributed by atoms with van der Waals surface area (Å²) in [5, 5.41) is 3.12. The van der Waals surface area contributed by atoms with Gasteiger partial charge in [-0.2, -0.15) is 4.72 Å². The van der Waals surface area contributed by atoms with E-state index in [1.165, 1.54) is 42.5 Å². The van der Waals surface area contributed by atoms with Crippen LogP contribution in [-0.4, -0.2) is 25.4 Å². The van der Waals surface area contributed by atoms with Crippen molar-refractivity contribution >= 4 is 32.5 Å². The Morgan fingerprint density at radius 1 is 1.10 bits per heavy atom. The smallest absolute Gasteiger partial charge is 0.248 e. The Kier molecular flexibility index (Phi) is 6.56. The molecule has 0 unspecified atom stereocenters. The third kappa shape index (κ3) is 5.56. The van der Waals surface area contributed by atoms with Crippen molar-refractivity contribution in [3.63, 3.8) is 0 Å². The molecule has 9 heteroatoms. The largest absolute Gasteiger partial charge is 0.325 e. The number of carbonyl (C=O) groups excluding carboxylic acids is 1. The molecule has 0 aliphatic rings. The van der Waals surface area contributed by atoms with Crippen LogP contribution in [0.4, 0.5) is 10.1 Å². The predicted octanol–water partition coefficient (Wildman–Crippen LogP) is 3.31. The van der Waals surface area contributed by atoms with Gasteiger partial charge in [0.25, 0.3) is 0 Å². The Hall–Kier alpha value is -3.04. The van der Waals surface area contributed by atoms with Gasteiger partial charge in [-0.15, -0.1) is 0 Å². The third-order valence-corrected chi connectivity index (χ3v) is 6.24.